The Kier molecular flexibility index (Phi) is 6.23. The van der Waals surface area contributed by atoms with Crippen molar-refractivity contribution in [1.82, 2.24) is 24.1 Å². The van der Waals surface area contributed by atoms with E-state index in [-0.39, 0.29) is 23.8 Å². The van der Waals surface area contributed by atoms with Crippen LogP contribution in [0.3, 0.4) is 0 Å². The molecule has 0 fully saturated rings. The fourth-order valence-electron chi connectivity index (χ4n) is 4.30. The van der Waals surface area contributed by atoms with Gasteiger partial charge in [-0.2, -0.15) is 5.10 Å². The van der Waals surface area contributed by atoms with Gasteiger partial charge in [0.2, 0.25) is 5.91 Å². The summed E-state index contributed by atoms with van der Waals surface area (Å²) >= 11 is 0. The Morgan fingerprint density at radius 1 is 1.21 bits per heavy atom. The number of nitrogens with zero attached hydrogens (tertiary/aromatic N) is 5. The minimum atomic E-state index is -0.676. The van der Waals surface area contributed by atoms with E-state index < -0.39 is 11.2 Å². The van der Waals surface area contributed by atoms with Crippen molar-refractivity contribution in [2.75, 3.05) is 17.7 Å². The molecule has 3 N–H and O–H groups in total. The molecule has 1 amide bonds. The molecule has 0 aliphatic heterocycles. The molecule has 0 spiro atoms. The van der Waals surface area contributed by atoms with Crippen molar-refractivity contribution >= 4 is 34.0 Å². The number of aromatic nitrogens is 5. The molecule has 0 radical (unpaired) electrons. The third-order valence-corrected chi connectivity index (χ3v) is 6.27. The largest absolute Gasteiger partial charge is 0.383 e. The van der Waals surface area contributed by atoms with E-state index in [1.807, 2.05) is 49.6 Å². The van der Waals surface area contributed by atoms with E-state index in [1.54, 1.807) is 0 Å². The van der Waals surface area contributed by atoms with Gasteiger partial charge in [0.05, 0.1) is 5.52 Å². The van der Waals surface area contributed by atoms with Crippen molar-refractivity contribution in [2.45, 2.75) is 53.0 Å². The number of anilines is 2. The lowest BCUT2D eigenvalue weighted by atomic mass is 10.1. The topological polar surface area (TPSA) is 131 Å². The van der Waals surface area contributed by atoms with E-state index in [0.29, 0.717) is 13.0 Å². The number of H-pyrrole nitrogens is 1. The zero-order valence-electron chi connectivity index (χ0n) is 19.9. The lowest BCUT2D eigenvalue weighted by Gasteiger charge is -2.20. The molecule has 1 aromatic carbocycles. The van der Waals surface area contributed by atoms with Crippen LogP contribution in [-0.2, 0) is 17.8 Å². The molecule has 0 aliphatic rings. The van der Waals surface area contributed by atoms with Gasteiger partial charge in [0.15, 0.2) is 11.3 Å². The molecule has 178 valence electrons. The molecule has 4 aromatic rings. The first-order valence-corrected chi connectivity index (χ1v) is 11.4. The molecule has 10 heteroatoms. The fraction of sp³-hybridized carbons (Fsp3) is 0.375. The molecule has 3 heterocycles. The molecule has 0 bridgehead atoms. The van der Waals surface area contributed by atoms with Crippen LogP contribution < -0.4 is 21.9 Å². The normalized spacial score (nSPS) is 11.4. The average molecular weight is 464 g/mol. The first kappa shape index (κ1) is 23.2. The number of amides is 1. The van der Waals surface area contributed by atoms with Crippen LogP contribution in [0.4, 0.5) is 11.5 Å². The molecule has 0 unspecified atom stereocenters. The Morgan fingerprint density at radius 2 is 1.94 bits per heavy atom. The molecule has 34 heavy (non-hydrogen) atoms. The van der Waals surface area contributed by atoms with Gasteiger partial charge in [-0.1, -0.05) is 25.5 Å². The predicted molar refractivity (Wildman–Crippen MR) is 132 cm³/mol. The van der Waals surface area contributed by atoms with Crippen molar-refractivity contribution in [2.24, 2.45) is 0 Å². The second kappa shape index (κ2) is 9.12. The number of aromatic amines is 1. The van der Waals surface area contributed by atoms with Crippen LogP contribution in [0.25, 0.3) is 16.6 Å². The molecule has 0 atom stereocenters. The maximum absolute atomic E-state index is 13.0. The Balaban J connectivity index is 1.61. The van der Waals surface area contributed by atoms with Crippen molar-refractivity contribution in [3.8, 4) is 0 Å². The summed E-state index contributed by atoms with van der Waals surface area (Å²) in [7, 11) is 1.50. The molecule has 4 rings (SSSR count). The summed E-state index contributed by atoms with van der Waals surface area (Å²) in [5.74, 6) is -0.292. The molecule has 0 saturated heterocycles. The quantitative estimate of drug-likeness (QED) is 0.432. The van der Waals surface area contributed by atoms with Gasteiger partial charge in [-0.15, -0.1) is 0 Å². The summed E-state index contributed by atoms with van der Waals surface area (Å²) in [6.45, 7) is 6.24. The summed E-state index contributed by atoms with van der Waals surface area (Å²) in [6, 6.07) is 7.82. The van der Waals surface area contributed by atoms with Crippen LogP contribution in [0.2, 0.25) is 0 Å². The summed E-state index contributed by atoms with van der Waals surface area (Å²) in [6.07, 6.45) is 2.15. The van der Waals surface area contributed by atoms with E-state index >= 15 is 0 Å². The van der Waals surface area contributed by atoms with Gasteiger partial charge in [-0.05, 0) is 44.4 Å². The zero-order chi connectivity index (χ0) is 24.6. The second-order valence-corrected chi connectivity index (χ2v) is 8.46. The Hall–Kier alpha value is -3.95. The molecule has 10 nitrogen and oxygen atoms in total. The number of carbonyl (C=O) groups is 1. The average Bonchev–Trinajstić information content (AvgIpc) is 3.17. The minimum Gasteiger partial charge on any atom is -0.383 e. The molecule has 0 saturated carbocycles. The van der Waals surface area contributed by atoms with Crippen molar-refractivity contribution < 1.29 is 4.79 Å². The number of benzene rings is 1. The van der Waals surface area contributed by atoms with Crippen LogP contribution >= 0.6 is 0 Å². The van der Waals surface area contributed by atoms with Gasteiger partial charge >= 0.3 is 5.69 Å². The number of hydrogen-bond acceptors (Lipinski definition) is 6. The number of nitrogen functional groups attached to an aromatic ring is 1. The lowest BCUT2D eigenvalue weighted by molar-refractivity contribution is -0.118. The first-order valence-electron chi connectivity index (χ1n) is 11.4. The van der Waals surface area contributed by atoms with Crippen LogP contribution in [0.15, 0.2) is 33.9 Å². The van der Waals surface area contributed by atoms with Gasteiger partial charge in [-0.25, -0.2) is 14.3 Å². The van der Waals surface area contributed by atoms with Crippen LogP contribution in [0.5, 0.6) is 0 Å². The molecular formula is C24H29N7O3. The van der Waals surface area contributed by atoms with Gasteiger partial charge in [0.25, 0.3) is 5.56 Å². The first-order chi connectivity index (χ1) is 16.2. The third kappa shape index (κ3) is 3.95. The third-order valence-electron chi connectivity index (χ3n) is 6.27. The van der Waals surface area contributed by atoms with Gasteiger partial charge in [0, 0.05) is 36.8 Å². The Morgan fingerprint density at radius 3 is 2.68 bits per heavy atom. The standard InChI is InChI=1S/C24H29N7O3/c1-5-6-13-30-21(25)20(23(33)27-24(30)34)29(4)19(32)12-11-16-14(2)26-22-17-9-7-8-10-18(17)28-31(22)15(16)3/h7-10H,5-6,11-13,25H2,1-4H3,(H,27,33,34). The molecular weight excluding hydrogens is 434 g/mol. The number of nitrogens with one attached hydrogen (secondary N) is 1. The van der Waals surface area contributed by atoms with Gasteiger partial charge < -0.3 is 10.6 Å². The van der Waals surface area contributed by atoms with Crippen molar-refractivity contribution in [1.29, 1.82) is 0 Å². The maximum Gasteiger partial charge on any atom is 0.330 e. The molecule has 3 aromatic heterocycles. The smallest absolute Gasteiger partial charge is 0.330 e. The van der Waals surface area contributed by atoms with Gasteiger partial charge in [-0.3, -0.25) is 19.1 Å². The fourth-order valence-corrected chi connectivity index (χ4v) is 4.30. The lowest BCUT2D eigenvalue weighted by Crippen LogP contribution is -2.39. The van der Waals surface area contributed by atoms with E-state index in [9.17, 15) is 14.4 Å². The summed E-state index contributed by atoms with van der Waals surface area (Å²) < 4.78 is 3.12. The number of rotatable bonds is 7. The summed E-state index contributed by atoms with van der Waals surface area (Å²) in [5, 5.41) is 5.63. The second-order valence-electron chi connectivity index (χ2n) is 8.46. The number of nitrogens with two attached hydrogens (primary N) is 1. The van der Waals surface area contributed by atoms with Gasteiger partial charge in [0.1, 0.15) is 5.82 Å². The number of carbonyl (C=O) groups excluding carboxylic acids is 1. The predicted octanol–water partition coefficient (Wildman–Crippen LogP) is 2.33. The minimum absolute atomic E-state index is 0.00303. The van der Waals surface area contributed by atoms with E-state index in [1.165, 1.54) is 16.5 Å². The summed E-state index contributed by atoms with van der Waals surface area (Å²) in [5.41, 5.74) is 9.20. The number of unbranched alkanes of at least 4 members (excludes halogenated alkanes) is 1. The SMILES string of the molecule is CCCCn1c(N)c(N(C)C(=O)CCc2c(C)nc3c4ccccc4nn3c2C)c(=O)[nH]c1=O. The highest BCUT2D eigenvalue weighted by molar-refractivity contribution is 5.95. The maximum atomic E-state index is 13.0. The van der Waals surface area contributed by atoms with E-state index in [0.717, 1.165) is 46.3 Å². The number of hydrogen-bond donors (Lipinski definition) is 2. The van der Waals surface area contributed by atoms with E-state index in [4.69, 9.17) is 10.7 Å². The van der Waals surface area contributed by atoms with Crippen LogP contribution in [0, 0.1) is 13.8 Å². The van der Waals surface area contributed by atoms with Crippen molar-refractivity contribution in [3.05, 3.63) is 62.1 Å². The highest BCUT2D eigenvalue weighted by Gasteiger charge is 2.22. The van der Waals surface area contributed by atoms with Crippen molar-refractivity contribution in [3.63, 3.8) is 0 Å². The van der Waals surface area contributed by atoms with Crippen LogP contribution in [-0.4, -0.2) is 37.1 Å². The van der Waals surface area contributed by atoms with E-state index in [2.05, 4.69) is 10.1 Å². The highest BCUT2D eigenvalue weighted by atomic mass is 16.2. The number of fused-ring (bicyclic) bond motifs is 3. The highest BCUT2D eigenvalue weighted by Crippen LogP contribution is 2.23. The monoisotopic (exact) mass is 463 g/mol. The van der Waals surface area contributed by atoms with Crippen LogP contribution in [0.1, 0.15) is 43.1 Å². The molecule has 0 aliphatic carbocycles. The summed E-state index contributed by atoms with van der Waals surface area (Å²) in [4.78, 5) is 46.0. The number of aryl methyl sites for hydroxylation is 2. The zero-order valence-corrected chi connectivity index (χ0v) is 19.9. The Bertz CT molecular complexity index is 1510. The Labute approximate surface area is 196 Å².